The van der Waals surface area contributed by atoms with E-state index in [9.17, 15) is 43.5 Å². The zero-order valence-electron chi connectivity index (χ0n) is 57.5. The van der Waals surface area contributed by atoms with Gasteiger partial charge in [-0.1, -0.05) is 33.9 Å². The molecule has 11 saturated heterocycles. The zero-order chi connectivity index (χ0) is 69.4. The predicted molar refractivity (Wildman–Crippen MR) is 350 cm³/mol. The minimum atomic E-state index is -1.18. The van der Waals surface area contributed by atoms with Crippen molar-refractivity contribution in [2.24, 2.45) is 23.5 Å². The molecule has 0 radical (unpaired) electrons. The summed E-state index contributed by atoms with van der Waals surface area (Å²) in [6, 6.07) is -2.99. The van der Waals surface area contributed by atoms with Gasteiger partial charge in [0.2, 0.25) is 23.6 Å². The van der Waals surface area contributed by atoms with Crippen LogP contribution in [0.25, 0.3) is 0 Å². The smallest absolute Gasteiger partial charge is 0.312 e. The van der Waals surface area contributed by atoms with E-state index in [1.165, 1.54) is 12.2 Å². The number of ether oxygens (including phenoxy) is 11. The number of rotatable bonds is 21. The van der Waals surface area contributed by atoms with Gasteiger partial charge in [-0.15, -0.1) is 0 Å². The fraction of sp³-hybridized carbons (Fsp3) is 0.800. The highest BCUT2D eigenvalue weighted by atomic mass is 16.8. The van der Waals surface area contributed by atoms with Gasteiger partial charge < -0.3 is 89.1 Å². The highest BCUT2D eigenvalue weighted by molar-refractivity contribution is 6.12. The number of fused-ring (bicyclic) bond motifs is 6. The fourth-order valence-electron chi connectivity index (χ4n) is 16.5. The molecule has 2 unspecified atom stereocenters. The van der Waals surface area contributed by atoms with E-state index in [-0.39, 0.29) is 169 Å². The first-order valence-electron chi connectivity index (χ1n) is 36.1. The number of imide groups is 1. The number of primary amides is 1. The van der Waals surface area contributed by atoms with Gasteiger partial charge in [0, 0.05) is 116 Å². The average molecular weight is 1380 g/mol. The molecule has 28 heteroatoms. The number of carbonyl (C=O) groups is 8. The maximum absolute atomic E-state index is 14.7. The van der Waals surface area contributed by atoms with Crippen molar-refractivity contribution >= 4 is 47.3 Å². The van der Waals surface area contributed by atoms with Crippen LogP contribution in [-0.4, -0.2) is 268 Å². The summed E-state index contributed by atoms with van der Waals surface area (Å²) in [4.78, 5) is 110. The van der Waals surface area contributed by atoms with Gasteiger partial charge in [0.1, 0.15) is 48.4 Å². The molecule has 0 aliphatic carbocycles. The number of methoxy groups -OCH3 is 1. The van der Waals surface area contributed by atoms with E-state index in [4.69, 9.17) is 57.8 Å². The summed E-state index contributed by atoms with van der Waals surface area (Å²) in [7, 11) is 1.57. The van der Waals surface area contributed by atoms with Crippen molar-refractivity contribution in [3.8, 4) is 0 Å². The molecule has 0 aromatic carbocycles. The molecule has 12 aliphatic rings. The number of amides is 8. The first-order chi connectivity index (χ1) is 47.1. The summed E-state index contributed by atoms with van der Waals surface area (Å²) in [6.07, 6.45) is 4.61. The molecular weight excluding hydrogens is 1270 g/mol. The summed E-state index contributed by atoms with van der Waals surface area (Å²) in [6.45, 7) is 17.0. The number of nitrogens with two attached hydrogens (primary N) is 1. The second-order valence-corrected chi connectivity index (χ2v) is 29.2. The summed E-state index contributed by atoms with van der Waals surface area (Å²) in [5, 5.41) is 22.9. The SMILES string of the molecule is C=C1C[C@@H]2CC[C@@]34C[C@H]5OC6C(O[C@H]7CC[C@H](CC(=O)C[C@@H]8[C@@H](OC)[C@@H](C[C@H](O)CNC(=O)[C@H](CCCNC(N)=O)NC(=O)[C@@H](NC(=O)CN9CCOCCN(C(=O)CCCCN%10C(=O)C=CC%10=O)CCOCC9)C(C)C)O[C@H]8C[C@H]8O[C@@H](CC[C@@H]1O2)C[C@@H](C)C8=C)O[C@@H]7[C@@H]6O3)[C@H]5O4. The maximum atomic E-state index is 14.7. The molecule has 0 aromatic heterocycles. The van der Waals surface area contributed by atoms with Gasteiger partial charge in [0.05, 0.1) is 100 Å². The molecule has 21 atom stereocenters. The molecule has 12 aliphatic heterocycles. The number of Topliss-reactive ketones (excluding diaryl/α,β-unsaturated/α-hetero) is 1. The number of hydrogen-bond acceptors (Lipinski definition) is 21. The molecule has 12 rings (SSSR count). The largest absolute Gasteiger partial charge is 0.391 e. The average Bonchev–Trinajstić information content (AvgIpc) is 1.55. The van der Waals surface area contributed by atoms with Crippen molar-refractivity contribution in [2.75, 3.05) is 85.9 Å². The Balaban J connectivity index is 0.697. The molecule has 1 spiro atoms. The molecule has 0 saturated carbocycles. The van der Waals surface area contributed by atoms with Gasteiger partial charge >= 0.3 is 6.03 Å². The molecule has 12 heterocycles. The Hall–Kier alpha value is -5.34. The third kappa shape index (κ3) is 18.3. The number of carbonyl (C=O) groups excluding carboxylic acids is 8. The Kier molecular flexibility index (Phi) is 25.4. The zero-order valence-corrected chi connectivity index (χ0v) is 57.5. The van der Waals surface area contributed by atoms with E-state index >= 15 is 0 Å². The van der Waals surface area contributed by atoms with Crippen LogP contribution in [0.2, 0.25) is 0 Å². The van der Waals surface area contributed by atoms with Crippen LogP contribution in [0.1, 0.15) is 136 Å². The Morgan fingerprint density at radius 1 is 0.724 bits per heavy atom. The van der Waals surface area contributed by atoms with Crippen LogP contribution in [0, 0.1) is 17.8 Å². The fourth-order valence-corrected chi connectivity index (χ4v) is 16.5. The van der Waals surface area contributed by atoms with Crippen molar-refractivity contribution in [2.45, 2.75) is 252 Å². The number of ketones is 1. The normalized spacial score (nSPS) is 36.4. The van der Waals surface area contributed by atoms with Gasteiger partial charge in [0.25, 0.3) is 11.8 Å². The van der Waals surface area contributed by atoms with Crippen molar-refractivity contribution in [1.82, 2.24) is 36.0 Å². The number of hydrogen-bond donors (Lipinski definition) is 6. The second kappa shape index (κ2) is 33.6. The molecule has 546 valence electrons. The molecule has 11 fully saturated rings. The van der Waals surface area contributed by atoms with E-state index < -0.39 is 102 Å². The quantitative estimate of drug-likeness (QED) is 0.0543. The number of nitrogens with one attached hydrogen (secondary N) is 4. The van der Waals surface area contributed by atoms with Crippen molar-refractivity contribution in [3.05, 3.63) is 36.5 Å². The van der Waals surface area contributed by atoms with Crippen LogP contribution in [0.15, 0.2) is 36.5 Å². The summed E-state index contributed by atoms with van der Waals surface area (Å²) in [5.41, 5.74) is 7.37. The lowest BCUT2D eigenvalue weighted by Crippen LogP contribution is -2.61. The third-order valence-corrected chi connectivity index (χ3v) is 21.8. The minimum absolute atomic E-state index is 0.0110. The number of urea groups is 1. The topological polar surface area (TPSA) is 342 Å². The van der Waals surface area contributed by atoms with Crippen LogP contribution < -0.4 is 27.0 Å². The number of aliphatic hydroxyl groups is 1. The van der Waals surface area contributed by atoms with Crippen LogP contribution in [0.5, 0.6) is 0 Å². The Morgan fingerprint density at radius 2 is 1.42 bits per heavy atom. The number of nitrogens with zero attached hydrogens (tertiary/aromatic N) is 3. The standard InChI is InChI=1S/C70H106N8O20/c1-39(2)60(75-56(81)38-76-22-26-89-28-24-77(25-29-90-27-23-76)57(82)11-7-8-21-78-58(83)16-17-59(78)84)68(86)74-49(10-9-20-72-69(71)87)67(85)73-37-44(80)34-54-61(88-6)48-33-43(79)32-46-13-15-51-62(93-46)66-65-64(95-51)63-55(96-65)36-70(97-63,98-66)19-18-47-31-41(4)50(91-47)14-12-45-30-40(3)42(5)52(92-45)35-53(48)94-54/h16-17,39-40,44-55,60-66,80H,4-5,7-15,18-38H2,1-3,6H3,(H,73,85)(H,74,86)(H,75,81)(H3,71,72,87)/t40-,44+,45+,46-,47+,48+,49+,50+,51+,52-,53+,54-,55-,60+,61-,62+,63+,64?,65?,66+,70+/m1/s1. The maximum Gasteiger partial charge on any atom is 0.312 e. The van der Waals surface area contributed by atoms with Gasteiger partial charge in [-0.05, 0) is 93.6 Å². The number of unbranched alkanes of at least 4 members (excludes halogenated alkanes) is 1. The predicted octanol–water partition coefficient (Wildman–Crippen LogP) is 1.94. The molecular formula is C70H106N8O20. The van der Waals surface area contributed by atoms with E-state index in [1.54, 1.807) is 25.9 Å². The van der Waals surface area contributed by atoms with E-state index in [0.717, 1.165) is 48.2 Å². The molecule has 7 N–H and O–H groups in total. The van der Waals surface area contributed by atoms with Crippen LogP contribution in [0.4, 0.5) is 4.79 Å². The monoisotopic (exact) mass is 1380 g/mol. The van der Waals surface area contributed by atoms with Gasteiger partial charge in [-0.25, -0.2) is 4.79 Å². The summed E-state index contributed by atoms with van der Waals surface area (Å²) in [5.74, 6) is -4.11. The Morgan fingerprint density at radius 3 is 2.15 bits per heavy atom. The molecule has 98 heavy (non-hydrogen) atoms. The van der Waals surface area contributed by atoms with E-state index in [1.807, 2.05) is 4.90 Å². The number of aliphatic hydroxyl groups excluding tert-OH is 1. The minimum Gasteiger partial charge on any atom is -0.391 e. The first-order valence-corrected chi connectivity index (χ1v) is 36.1. The van der Waals surface area contributed by atoms with E-state index in [0.29, 0.717) is 71.1 Å². The van der Waals surface area contributed by atoms with Gasteiger partial charge in [-0.2, -0.15) is 0 Å². The lowest BCUT2D eigenvalue weighted by atomic mass is 9.81. The second-order valence-electron chi connectivity index (χ2n) is 29.2. The van der Waals surface area contributed by atoms with Crippen molar-refractivity contribution in [1.29, 1.82) is 0 Å². The highest BCUT2D eigenvalue weighted by Crippen LogP contribution is 2.54. The lowest BCUT2D eigenvalue weighted by molar-refractivity contribution is -0.292. The van der Waals surface area contributed by atoms with Gasteiger partial charge in [-0.3, -0.25) is 43.4 Å². The van der Waals surface area contributed by atoms with Crippen LogP contribution >= 0.6 is 0 Å². The van der Waals surface area contributed by atoms with Crippen molar-refractivity contribution in [3.63, 3.8) is 0 Å². The van der Waals surface area contributed by atoms with Crippen LogP contribution in [-0.2, 0) is 85.7 Å². The van der Waals surface area contributed by atoms with Gasteiger partial charge in [0.15, 0.2) is 5.79 Å². The summed E-state index contributed by atoms with van der Waals surface area (Å²) >= 11 is 0. The molecule has 28 nitrogen and oxygen atoms in total. The highest BCUT2D eigenvalue weighted by Gasteiger charge is 2.69. The first kappa shape index (κ1) is 73.9. The third-order valence-electron chi connectivity index (χ3n) is 21.8. The van der Waals surface area contributed by atoms with Crippen LogP contribution in [0.3, 0.4) is 0 Å². The molecule has 12 bridgehead atoms. The van der Waals surface area contributed by atoms with E-state index in [2.05, 4.69) is 41.3 Å². The Labute approximate surface area is 574 Å². The summed E-state index contributed by atoms with van der Waals surface area (Å²) < 4.78 is 72.9. The molecule has 0 aromatic rings. The van der Waals surface area contributed by atoms with Crippen molar-refractivity contribution < 1.29 is 95.6 Å². The molecule has 8 amide bonds. The lowest BCUT2D eigenvalue weighted by Gasteiger charge is -2.47. The Bertz CT molecular complexity index is 2870.